The number of hydrogen-bond donors (Lipinski definition) is 1. The molecule has 0 saturated heterocycles. The Morgan fingerprint density at radius 1 is 1.33 bits per heavy atom. The van der Waals surface area contributed by atoms with Crippen molar-refractivity contribution in [3.05, 3.63) is 24.3 Å². The van der Waals surface area contributed by atoms with E-state index >= 15 is 0 Å². The van der Waals surface area contributed by atoms with E-state index < -0.39 is 0 Å². The Kier molecular flexibility index (Phi) is 4.55. The Morgan fingerprint density at radius 2 is 2.08 bits per heavy atom. The van der Waals surface area contributed by atoms with Crippen molar-refractivity contribution in [2.75, 3.05) is 5.32 Å². The molecule has 3 aromatic rings. The van der Waals surface area contributed by atoms with E-state index in [0.29, 0.717) is 10.3 Å². The average Bonchev–Trinajstić information content (AvgIpc) is 3.12. The van der Waals surface area contributed by atoms with Crippen molar-refractivity contribution in [1.29, 1.82) is 0 Å². The molecule has 2 aromatic heterocycles. The van der Waals surface area contributed by atoms with Crippen LogP contribution in [0.3, 0.4) is 0 Å². The zero-order valence-electron chi connectivity index (χ0n) is 13.8. The molecule has 0 aliphatic rings. The van der Waals surface area contributed by atoms with Crippen LogP contribution in [0.5, 0.6) is 0 Å². The minimum absolute atomic E-state index is 0.123. The minimum atomic E-state index is -0.343. The van der Waals surface area contributed by atoms with Crippen LogP contribution in [0.2, 0.25) is 0 Å². The lowest BCUT2D eigenvalue weighted by molar-refractivity contribution is -0.115. The number of anilines is 1. The highest BCUT2D eigenvalue weighted by atomic mass is 32.2. The van der Waals surface area contributed by atoms with Gasteiger partial charge in [0.25, 0.3) is 0 Å². The van der Waals surface area contributed by atoms with Crippen LogP contribution in [0.25, 0.3) is 10.2 Å². The van der Waals surface area contributed by atoms with Gasteiger partial charge in [-0.3, -0.25) is 4.79 Å². The van der Waals surface area contributed by atoms with Crippen LogP contribution in [0.15, 0.2) is 29.4 Å². The molecule has 0 radical (unpaired) electrons. The van der Waals surface area contributed by atoms with E-state index in [1.165, 1.54) is 23.1 Å². The Morgan fingerprint density at radius 3 is 2.79 bits per heavy atom. The van der Waals surface area contributed by atoms with Gasteiger partial charge in [0, 0.05) is 0 Å². The number of thioether (sulfide) groups is 1. The fraction of sp³-hybridized carbons (Fsp3) is 0.400. The first kappa shape index (κ1) is 16.8. The van der Waals surface area contributed by atoms with Crippen LogP contribution in [0, 0.1) is 0 Å². The molecule has 1 amide bonds. The second-order valence-electron chi connectivity index (χ2n) is 6.28. The zero-order valence-corrected chi connectivity index (χ0v) is 15.5. The zero-order chi connectivity index (χ0) is 17.3. The maximum Gasteiger partial charge on any atom is 0.239 e. The number of carbonyl (C=O) groups is 1. The number of fused-ring (bicyclic) bond motifs is 1. The van der Waals surface area contributed by atoms with Crippen LogP contribution in [0.4, 0.5) is 5.13 Å². The summed E-state index contributed by atoms with van der Waals surface area (Å²) in [5.41, 5.74) is 0.643. The van der Waals surface area contributed by atoms with Gasteiger partial charge in [0.05, 0.1) is 21.0 Å². The second-order valence-corrected chi connectivity index (χ2v) is 8.62. The first-order valence-corrected chi connectivity index (χ1v) is 9.16. The Labute approximate surface area is 147 Å². The highest BCUT2D eigenvalue weighted by molar-refractivity contribution is 8.00. The highest BCUT2D eigenvalue weighted by Crippen LogP contribution is 2.28. The number of nitrogens with one attached hydrogen (secondary N) is 1. The van der Waals surface area contributed by atoms with Crippen LogP contribution >= 0.6 is 23.1 Å². The van der Waals surface area contributed by atoms with Crippen LogP contribution < -0.4 is 5.32 Å². The van der Waals surface area contributed by atoms with E-state index in [-0.39, 0.29) is 16.7 Å². The molecule has 126 valence electrons. The summed E-state index contributed by atoms with van der Waals surface area (Å²) in [6, 6.07) is 7.80. The molecule has 9 heteroatoms. The molecule has 0 aliphatic heterocycles. The standard InChI is InChI=1S/C15H18N6OS2/c1-9(23-14-18-19-20-21(14)15(2,3)4)12(22)17-13-16-10-7-5-6-8-11(10)24-13/h5-9H,1-4H3,(H,16,17,22). The molecule has 0 spiro atoms. The van der Waals surface area contributed by atoms with E-state index in [1.54, 1.807) is 4.68 Å². The van der Waals surface area contributed by atoms with Crippen LogP contribution in [-0.4, -0.2) is 36.3 Å². The van der Waals surface area contributed by atoms with Crippen LogP contribution in [0.1, 0.15) is 27.7 Å². The molecule has 7 nitrogen and oxygen atoms in total. The predicted octanol–water partition coefficient (Wildman–Crippen LogP) is 3.16. The van der Waals surface area contributed by atoms with Gasteiger partial charge in [0.15, 0.2) is 5.13 Å². The topological polar surface area (TPSA) is 85.6 Å². The largest absolute Gasteiger partial charge is 0.301 e. The number of para-hydroxylation sites is 1. The number of amides is 1. The summed E-state index contributed by atoms with van der Waals surface area (Å²) in [6.07, 6.45) is 0. The number of nitrogens with zero attached hydrogens (tertiary/aromatic N) is 5. The molecule has 0 aliphatic carbocycles. The van der Waals surface area contributed by atoms with Gasteiger partial charge in [0.2, 0.25) is 11.1 Å². The quantitative estimate of drug-likeness (QED) is 0.718. The molecule has 24 heavy (non-hydrogen) atoms. The molecule has 0 fully saturated rings. The third-order valence-corrected chi connectivity index (χ3v) is 5.24. The highest BCUT2D eigenvalue weighted by Gasteiger charge is 2.24. The van der Waals surface area contributed by atoms with Gasteiger partial charge in [-0.2, -0.15) is 0 Å². The van der Waals surface area contributed by atoms with Crippen molar-refractivity contribution < 1.29 is 4.79 Å². The van der Waals surface area contributed by atoms with Gasteiger partial charge in [-0.05, 0) is 50.3 Å². The third-order valence-electron chi connectivity index (χ3n) is 3.25. The molecule has 1 atom stereocenters. The molecule has 1 unspecified atom stereocenters. The SMILES string of the molecule is CC(Sc1nnnn1C(C)(C)C)C(=O)Nc1nc2ccccc2s1. The van der Waals surface area contributed by atoms with Crippen molar-refractivity contribution in [3.63, 3.8) is 0 Å². The smallest absolute Gasteiger partial charge is 0.239 e. The van der Waals surface area contributed by atoms with E-state index in [0.717, 1.165) is 10.2 Å². The number of thiazole rings is 1. The predicted molar refractivity (Wildman–Crippen MR) is 96.4 cm³/mol. The summed E-state index contributed by atoms with van der Waals surface area (Å²) in [5, 5.41) is 15.5. The summed E-state index contributed by atoms with van der Waals surface area (Å²) < 4.78 is 2.77. The third kappa shape index (κ3) is 3.57. The monoisotopic (exact) mass is 362 g/mol. The lowest BCUT2D eigenvalue weighted by Crippen LogP contribution is -2.26. The van der Waals surface area contributed by atoms with Gasteiger partial charge < -0.3 is 5.32 Å². The molecule has 1 aromatic carbocycles. The van der Waals surface area contributed by atoms with Gasteiger partial charge >= 0.3 is 0 Å². The van der Waals surface area contributed by atoms with Crippen molar-refractivity contribution in [2.24, 2.45) is 0 Å². The number of aromatic nitrogens is 5. The summed E-state index contributed by atoms with van der Waals surface area (Å²) in [6.45, 7) is 7.87. The van der Waals surface area contributed by atoms with Gasteiger partial charge in [-0.25, -0.2) is 9.67 Å². The number of tetrazole rings is 1. The molecular formula is C15H18N6OS2. The van der Waals surface area contributed by atoms with Gasteiger partial charge in [-0.15, -0.1) is 5.10 Å². The Bertz CT molecular complexity index is 833. The molecule has 0 saturated carbocycles. The number of carbonyl (C=O) groups excluding carboxylic acids is 1. The van der Waals surface area contributed by atoms with Crippen LogP contribution in [-0.2, 0) is 10.3 Å². The molecule has 1 N–H and O–H groups in total. The van der Waals surface area contributed by atoms with Gasteiger partial charge in [0.1, 0.15) is 0 Å². The lowest BCUT2D eigenvalue weighted by atomic mass is 10.1. The number of benzene rings is 1. The summed E-state index contributed by atoms with van der Waals surface area (Å²) in [4.78, 5) is 16.9. The lowest BCUT2D eigenvalue weighted by Gasteiger charge is -2.20. The van der Waals surface area contributed by atoms with Crippen molar-refractivity contribution >= 4 is 44.4 Å². The molecule has 2 heterocycles. The summed E-state index contributed by atoms with van der Waals surface area (Å²) in [7, 11) is 0. The maximum absolute atomic E-state index is 12.4. The van der Waals surface area contributed by atoms with Gasteiger partial charge in [-0.1, -0.05) is 35.2 Å². The number of hydrogen-bond acceptors (Lipinski definition) is 7. The van der Waals surface area contributed by atoms with E-state index in [9.17, 15) is 4.79 Å². The Balaban J connectivity index is 1.70. The second kappa shape index (κ2) is 6.48. The fourth-order valence-electron chi connectivity index (χ4n) is 2.02. The molecular weight excluding hydrogens is 344 g/mol. The maximum atomic E-state index is 12.4. The summed E-state index contributed by atoms with van der Waals surface area (Å²) in [5.74, 6) is -0.123. The van der Waals surface area contributed by atoms with Crippen molar-refractivity contribution in [2.45, 2.75) is 43.6 Å². The summed E-state index contributed by atoms with van der Waals surface area (Å²) >= 11 is 2.79. The normalized spacial score (nSPS) is 13.2. The van der Waals surface area contributed by atoms with Crippen molar-refractivity contribution in [3.8, 4) is 0 Å². The van der Waals surface area contributed by atoms with E-state index in [1.807, 2.05) is 52.0 Å². The molecule has 3 rings (SSSR count). The molecule has 0 bridgehead atoms. The first-order chi connectivity index (χ1) is 11.3. The van der Waals surface area contributed by atoms with E-state index in [4.69, 9.17) is 0 Å². The number of rotatable bonds is 4. The minimum Gasteiger partial charge on any atom is -0.301 e. The average molecular weight is 362 g/mol. The Hall–Kier alpha value is -2.00. The van der Waals surface area contributed by atoms with E-state index in [2.05, 4.69) is 25.8 Å². The first-order valence-electron chi connectivity index (χ1n) is 7.46. The fourth-order valence-corrected chi connectivity index (χ4v) is 3.86. The van der Waals surface area contributed by atoms with Crippen molar-refractivity contribution in [1.82, 2.24) is 25.2 Å².